The number of anilines is 2. The van der Waals surface area contributed by atoms with Crippen LogP contribution in [0.1, 0.15) is 18.5 Å². The molecular weight excluding hydrogens is 452 g/mol. The number of fused-ring (bicyclic) bond motifs is 1. The van der Waals surface area contributed by atoms with Gasteiger partial charge in [0.2, 0.25) is 5.95 Å². The molecule has 1 aliphatic heterocycles. The van der Waals surface area contributed by atoms with Gasteiger partial charge in [-0.05, 0) is 61.0 Å². The Morgan fingerprint density at radius 2 is 1.66 bits per heavy atom. The Morgan fingerprint density at radius 1 is 1.00 bits per heavy atom. The number of halogens is 2. The number of aromatic nitrogens is 3. The highest BCUT2D eigenvalue weighted by atomic mass is 19.1. The predicted molar refractivity (Wildman–Crippen MR) is 128 cm³/mol. The Kier molecular flexibility index (Phi) is 5.74. The maximum atomic E-state index is 13.7. The first kappa shape index (κ1) is 22.3. The Morgan fingerprint density at radius 3 is 2.34 bits per heavy atom. The van der Waals surface area contributed by atoms with Gasteiger partial charge < -0.3 is 15.4 Å². The average Bonchev–Trinajstić information content (AvgIpc) is 3.28. The van der Waals surface area contributed by atoms with Crippen molar-refractivity contribution < 1.29 is 18.3 Å². The summed E-state index contributed by atoms with van der Waals surface area (Å²) in [6, 6.07) is 18.1. The largest absolute Gasteiger partial charge is 0.495 e. The van der Waals surface area contributed by atoms with Crippen LogP contribution in [0.3, 0.4) is 0 Å². The van der Waals surface area contributed by atoms with E-state index in [0.717, 1.165) is 0 Å². The fraction of sp³-hybridized carbons (Fsp3) is 0.115. The summed E-state index contributed by atoms with van der Waals surface area (Å²) >= 11 is 0. The number of nitrogens with zero attached hydrogens (tertiary/aromatic N) is 3. The van der Waals surface area contributed by atoms with Crippen molar-refractivity contribution in [1.29, 1.82) is 0 Å². The van der Waals surface area contributed by atoms with Gasteiger partial charge in [-0.1, -0.05) is 24.3 Å². The van der Waals surface area contributed by atoms with Crippen molar-refractivity contribution in [2.45, 2.75) is 13.0 Å². The molecule has 0 saturated heterocycles. The molecule has 9 heteroatoms. The summed E-state index contributed by atoms with van der Waals surface area (Å²) < 4.78 is 34.1. The van der Waals surface area contributed by atoms with Crippen molar-refractivity contribution >= 4 is 17.5 Å². The molecule has 2 N–H and O–H groups in total. The number of hydrogen-bond donors (Lipinski definition) is 2. The van der Waals surface area contributed by atoms with Gasteiger partial charge in [0.1, 0.15) is 23.4 Å². The molecule has 176 valence electrons. The first-order valence-electron chi connectivity index (χ1n) is 10.8. The van der Waals surface area contributed by atoms with Crippen molar-refractivity contribution in [3.8, 4) is 17.1 Å². The molecule has 1 atom stereocenters. The number of nitrogens with one attached hydrogen (secondary N) is 2. The van der Waals surface area contributed by atoms with Crippen molar-refractivity contribution in [2.75, 3.05) is 17.7 Å². The summed E-state index contributed by atoms with van der Waals surface area (Å²) in [6.45, 7) is 1.77. The lowest BCUT2D eigenvalue weighted by molar-refractivity contribution is -0.113. The zero-order chi connectivity index (χ0) is 24.5. The van der Waals surface area contributed by atoms with E-state index in [1.807, 2.05) is 0 Å². The zero-order valence-electron chi connectivity index (χ0n) is 18.9. The number of allylic oxidation sites excluding steroid dienone is 1. The minimum atomic E-state index is -0.691. The molecule has 0 spiro atoms. The summed E-state index contributed by atoms with van der Waals surface area (Å²) in [5, 5.41) is 10.7. The second-order valence-electron chi connectivity index (χ2n) is 7.98. The minimum Gasteiger partial charge on any atom is -0.495 e. The lowest BCUT2D eigenvalue weighted by Crippen LogP contribution is -2.31. The van der Waals surface area contributed by atoms with Crippen molar-refractivity contribution in [1.82, 2.24) is 14.8 Å². The molecule has 1 unspecified atom stereocenters. The maximum Gasteiger partial charge on any atom is 0.255 e. The third kappa shape index (κ3) is 4.23. The number of methoxy groups -OCH3 is 1. The molecule has 1 aromatic heterocycles. The van der Waals surface area contributed by atoms with Crippen LogP contribution in [0.25, 0.3) is 11.4 Å². The highest BCUT2D eigenvalue weighted by Gasteiger charge is 2.34. The Balaban J connectivity index is 1.59. The van der Waals surface area contributed by atoms with Crippen LogP contribution in [-0.2, 0) is 4.79 Å². The number of rotatable bonds is 5. The molecule has 1 amide bonds. The monoisotopic (exact) mass is 473 g/mol. The molecule has 35 heavy (non-hydrogen) atoms. The number of benzene rings is 3. The third-order valence-electron chi connectivity index (χ3n) is 5.74. The fourth-order valence-electron chi connectivity index (χ4n) is 4.06. The number of amides is 1. The third-order valence-corrected chi connectivity index (χ3v) is 5.74. The number of hydrogen-bond acceptors (Lipinski definition) is 5. The van der Waals surface area contributed by atoms with Gasteiger partial charge in [-0.25, -0.2) is 13.5 Å². The lowest BCUT2D eigenvalue weighted by atomic mass is 9.95. The smallest absolute Gasteiger partial charge is 0.255 e. The van der Waals surface area contributed by atoms with Crippen LogP contribution in [0.4, 0.5) is 20.4 Å². The van der Waals surface area contributed by atoms with Crippen LogP contribution in [0.2, 0.25) is 0 Å². The quantitative estimate of drug-likeness (QED) is 0.419. The van der Waals surface area contributed by atoms with Crippen LogP contribution in [-0.4, -0.2) is 27.8 Å². The van der Waals surface area contributed by atoms with E-state index in [1.54, 1.807) is 60.1 Å². The zero-order valence-corrected chi connectivity index (χ0v) is 18.9. The van der Waals surface area contributed by atoms with E-state index in [4.69, 9.17) is 4.74 Å². The molecule has 0 saturated carbocycles. The molecule has 0 radical (unpaired) electrons. The van der Waals surface area contributed by atoms with E-state index < -0.39 is 11.9 Å². The highest BCUT2D eigenvalue weighted by Crippen LogP contribution is 2.37. The van der Waals surface area contributed by atoms with E-state index in [0.29, 0.717) is 45.6 Å². The molecular formula is C26H21F2N5O2. The molecule has 4 aromatic rings. The number of ether oxygens (including phenoxy) is 1. The minimum absolute atomic E-state index is 0.360. The highest BCUT2D eigenvalue weighted by molar-refractivity contribution is 6.06. The second kappa shape index (κ2) is 9.02. The molecule has 0 bridgehead atoms. The Hall–Kier alpha value is -4.53. The summed E-state index contributed by atoms with van der Waals surface area (Å²) in [7, 11) is 1.53. The van der Waals surface area contributed by atoms with Crippen molar-refractivity contribution in [3.63, 3.8) is 0 Å². The molecule has 5 rings (SSSR count). The molecule has 7 nitrogen and oxygen atoms in total. The summed E-state index contributed by atoms with van der Waals surface area (Å²) in [5.41, 5.74) is 2.72. The van der Waals surface area contributed by atoms with Crippen LogP contribution >= 0.6 is 0 Å². The van der Waals surface area contributed by atoms with Gasteiger partial charge in [0.15, 0.2) is 5.82 Å². The Bertz CT molecular complexity index is 1430. The molecule has 0 fully saturated rings. The maximum absolute atomic E-state index is 13.7. The first-order chi connectivity index (χ1) is 16.9. The fourth-order valence-corrected chi connectivity index (χ4v) is 4.06. The van der Waals surface area contributed by atoms with Gasteiger partial charge in [0.05, 0.1) is 18.4 Å². The topological polar surface area (TPSA) is 81.1 Å². The molecule has 3 aromatic carbocycles. The number of para-hydroxylation sites is 2. The van der Waals surface area contributed by atoms with Gasteiger partial charge in [-0.3, -0.25) is 4.79 Å². The second-order valence-corrected chi connectivity index (χ2v) is 7.98. The SMILES string of the molecule is COc1ccccc1NC(=O)C1=C(C)Nc2nc(-c3ccc(F)cc3)nn2C1c1ccc(F)cc1. The lowest BCUT2D eigenvalue weighted by Gasteiger charge is -2.28. The summed E-state index contributed by atoms with van der Waals surface area (Å²) in [6.07, 6.45) is 0. The van der Waals surface area contributed by atoms with E-state index >= 15 is 0 Å². The standard InChI is InChI=1S/C26H21F2N5O2/c1-15-22(25(34)30-20-5-3-4-6-21(20)35-2)23(16-7-11-18(27)12-8-16)33-26(29-15)31-24(32-33)17-9-13-19(28)14-10-17/h3-14,23H,1-2H3,(H,30,34)(H,29,31,32). The van der Waals surface area contributed by atoms with Crippen LogP contribution in [0.15, 0.2) is 84.1 Å². The molecule has 2 heterocycles. The predicted octanol–water partition coefficient (Wildman–Crippen LogP) is 5.16. The van der Waals surface area contributed by atoms with E-state index in [-0.39, 0.29) is 11.7 Å². The number of carbonyl (C=O) groups excluding carboxylic acids is 1. The van der Waals surface area contributed by atoms with Gasteiger partial charge >= 0.3 is 0 Å². The summed E-state index contributed by atoms with van der Waals surface area (Å²) in [5.74, 6) is 0.144. The first-order valence-corrected chi connectivity index (χ1v) is 10.8. The molecule has 1 aliphatic rings. The van der Waals surface area contributed by atoms with Gasteiger partial charge in [-0.15, -0.1) is 5.10 Å². The van der Waals surface area contributed by atoms with Crippen molar-refractivity contribution in [2.24, 2.45) is 0 Å². The van der Waals surface area contributed by atoms with Gasteiger partial charge in [0.25, 0.3) is 5.91 Å². The molecule has 0 aliphatic carbocycles. The van der Waals surface area contributed by atoms with Gasteiger partial charge in [0, 0.05) is 11.3 Å². The average molecular weight is 473 g/mol. The Labute approximate surface area is 200 Å². The normalized spacial score (nSPS) is 14.8. The van der Waals surface area contributed by atoms with Gasteiger partial charge in [-0.2, -0.15) is 4.98 Å². The van der Waals surface area contributed by atoms with Crippen LogP contribution in [0, 0.1) is 11.6 Å². The van der Waals surface area contributed by atoms with E-state index in [1.165, 1.54) is 31.4 Å². The van der Waals surface area contributed by atoms with Crippen molar-refractivity contribution in [3.05, 3.63) is 101 Å². The number of carbonyl (C=O) groups is 1. The van der Waals surface area contributed by atoms with E-state index in [9.17, 15) is 13.6 Å². The van der Waals surface area contributed by atoms with Crippen LogP contribution < -0.4 is 15.4 Å². The van der Waals surface area contributed by atoms with E-state index in [2.05, 4.69) is 20.7 Å². The van der Waals surface area contributed by atoms with Crippen LogP contribution in [0.5, 0.6) is 5.75 Å². The summed E-state index contributed by atoms with van der Waals surface area (Å²) in [4.78, 5) is 18.1.